The molecule has 4 nitrogen and oxygen atoms in total. The fourth-order valence-corrected chi connectivity index (χ4v) is 2.44. The number of halogens is 3. The third-order valence-corrected chi connectivity index (χ3v) is 3.64. The molecule has 3 aromatic rings. The summed E-state index contributed by atoms with van der Waals surface area (Å²) < 4.78 is 24.7. The first kappa shape index (κ1) is 15.8. The van der Waals surface area contributed by atoms with Crippen LogP contribution >= 0.6 is 23.2 Å². The van der Waals surface area contributed by atoms with E-state index in [4.69, 9.17) is 32.4 Å². The van der Waals surface area contributed by atoms with Gasteiger partial charge in [0.25, 0.3) is 5.89 Å². The first-order valence-electron chi connectivity index (χ1n) is 6.74. The molecule has 0 aliphatic carbocycles. The molecule has 23 heavy (non-hydrogen) atoms. The summed E-state index contributed by atoms with van der Waals surface area (Å²) in [6.45, 7) is 1.69. The highest BCUT2D eigenvalue weighted by atomic mass is 35.5. The van der Waals surface area contributed by atoms with Gasteiger partial charge >= 0.3 is 0 Å². The van der Waals surface area contributed by atoms with Crippen LogP contribution in [0.25, 0.3) is 11.5 Å². The van der Waals surface area contributed by atoms with E-state index in [1.165, 1.54) is 12.1 Å². The van der Waals surface area contributed by atoms with Crippen LogP contribution in [0.3, 0.4) is 0 Å². The van der Waals surface area contributed by atoms with E-state index in [-0.39, 0.29) is 17.5 Å². The minimum absolute atomic E-state index is 0.115. The number of hydrogen-bond donors (Lipinski definition) is 0. The van der Waals surface area contributed by atoms with Gasteiger partial charge in [-0.3, -0.25) is 0 Å². The van der Waals surface area contributed by atoms with Crippen molar-refractivity contribution in [2.45, 2.75) is 13.0 Å². The molecule has 0 amide bonds. The van der Waals surface area contributed by atoms with Gasteiger partial charge in [-0.25, -0.2) is 4.39 Å². The van der Waals surface area contributed by atoms with Gasteiger partial charge in [0, 0.05) is 5.02 Å². The molecule has 0 saturated carbocycles. The van der Waals surface area contributed by atoms with Gasteiger partial charge in [0.05, 0.1) is 10.6 Å². The molecule has 1 atom stereocenters. The van der Waals surface area contributed by atoms with Crippen LogP contribution in [0.15, 0.2) is 46.9 Å². The zero-order valence-electron chi connectivity index (χ0n) is 12.0. The van der Waals surface area contributed by atoms with Gasteiger partial charge in [-0.1, -0.05) is 35.3 Å². The largest absolute Gasteiger partial charge is 0.478 e. The van der Waals surface area contributed by atoms with E-state index in [1.807, 2.05) is 0 Å². The second-order valence-corrected chi connectivity index (χ2v) is 5.60. The molecule has 0 N–H and O–H groups in total. The fourth-order valence-electron chi connectivity index (χ4n) is 1.95. The van der Waals surface area contributed by atoms with Crippen LogP contribution in [0.1, 0.15) is 18.9 Å². The molecule has 0 aliphatic heterocycles. The molecule has 0 aliphatic rings. The van der Waals surface area contributed by atoms with Gasteiger partial charge in [-0.05, 0) is 37.3 Å². The van der Waals surface area contributed by atoms with E-state index in [9.17, 15) is 4.39 Å². The molecule has 1 aromatic heterocycles. The number of aromatic nitrogens is 2. The van der Waals surface area contributed by atoms with Crippen molar-refractivity contribution < 1.29 is 13.5 Å². The highest BCUT2D eigenvalue weighted by Crippen LogP contribution is 2.31. The van der Waals surface area contributed by atoms with Crippen LogP contribution in [0.4, 0.5) is 4.39 Å². The fraction of sp³-hybridized carbons (Fsp3) is 0.125. The Morgan fingerprint density at radius 1 is 1.13 bits per heavy atom. The Morgan fingerprint density at radius 3 is 2.65 bits per heavy atom. The number of rotatable bonds is 4. The highest BCUT2D eigenvalue weighted by Gasteiger charge is 2.19. The summed E-state index contributed by atoms with van der Waals surface area (Å²) in [5.74, 6) is 0.115. The summed E-state index contributed by atoms with van der Waals surface area (Å²) in [5.41, 5.74) is 0.563. The van der Waals surface area contributed by atoms with Crippen LogP contribution in [0, 0.1) is 5.82 Å². The zero-order chi connectivity index (χ0) is 16.4. The molecule has 3 rings (SSSR count). The van der Waals surface area contributed by atoms with Crippen molar-refractivity contribution in [1.82, 2.24) is 10.2 Å². The average molecular weight is 353 g/mol. The van der Waals surface area contributed by atoms with E-state index in [2.05, 4.69) is 10.2 Å². The predicted octanol–water partition coefficient (Wildman–Crippen LogP) is 5.32. The van der Waals surface area contributed by atoms with E-state index >= 15 is 0 Å². The number of para-hydroxylation sites is 1. The molecule has 2 aromatic carbocycles. The first-order chi connectivity index (χ1) is 11.0. The Bertz CT molecular complexity index is 838. The lowest BCUT2D eigenvalue weighted by Crippen LogP contribution is -2.04. The molecule has 0 fully saturated rings. The molecular formula is C16H11Cl2FN2O2. The van der Waals surface area contributed by atoms with E-state index in [0.717, 1.165) is 0 Å². The summed E-state index contributed by atoms with van der Waals surface area (Å²) in [7, 11) is 0. The van der Waals surface area contributed by atoms with Crippen molar-refractivity contribution in [2.24, 2.45) is 0 Å². The van der Waals surface area contributed by atoms with Crippen LogP contribution in [-0.2, 0) is 0 Å². The summed E-state index contributed by atoms with van der Waals surface area (Å²) >= 11 is 12.0. The van der Waals surface area contributed by atoms with E-state index in [0.29, 0.717) is 15.6 Å². The third kappa shape index (κ3) is 3.46. The second kappa shape index (κ2) is 6.56. The van der Waals surface area contributed by atoms with Gasteiger partial charge in [-0.15, -0.1) is 10.2 Å². The highest BCUT2D eigenvalue weighted by molar-refractivity contribution is 6.36. The third-order valence-electron chi connectivity index (χ3n) is 3.09. The van der Waals surface area contributed by atoms with Crippen molar-refractivity contribution in [2.75, 3.05) is 0 Å². The SMILES string of the molecule is C[C@@H](Oc1ccccc1F)c1nnc(-c2ccc(Cl)cc2Cl)o1. The first-order valence-corrected chi connectivity index (χ1v) is 7.50. The lowest BCUT2D eigenvalue weighted by molar-refractivity contribution is 0.182. The van der Waals surface area contributed by atoms with Crippen LogP contribution in [0.2, 0.25) is 10.0 Å². The van der Waals surface area contributed by atoms with Crippen molar-refractivity contribution in [1.29, 1.82) is 0 Å². The van der Waals surface area contributed by atoms with Crippen LogP contribution < -0.4 is 4.74 Å². The minimum atomic E-state index is -0.612. The maximum Gasteiger partial charge on any atom is 0.257 e. The Kier molecular flexibility index (Phi) is 4.50. The lowest BCUT2D eigenvalue weighted by atomic mass is 10.2. The molecule has 0 bridgehead atoms. The van der Waals surface area contributed by atoms with Crippen molar-refractivity contribution in [3.05, 3.63) is 64.2 Å². The number of nitrogens with zero attached hydrogens (tertiary/aromatic N) is 2. The van der Waals surface area contributed by atoms with Crippen LogP contribution in [0.5, 0.6) is 5.75 Å². The Morgan fingerprint density at radius 2 is 1.91 bits per heavy atom. The van der Waals surface area contributed by atoms with Gasteiger partial charge in [0.2, 0.25) is 5.89 Å². The van der Waals surface area contributed by atoms with Gasteiger partial charge in [-0.2, -0.15) is 0 Å². The van der Waals surface area contributed by atoms with E-state index < -0.39 is 11.9 Å². The monoisotopic (exact) mass is 352 g/mol. The molecule has 0 spiro atoms. The van der Waals surface area contributed by atoms with Crippen molar-refractivity contribution in [3.8, 4) is 17.2 Å². The smallest absolute Gasteiger partial charge is 0.257 e. The Balaban J connectivity index is 1.82. The van der Waals surface area contributed by atoms with Gasteiger partial charge in [0.15, 0.2) is 17.7 Å². The Hall–Kier alpha value is -2.11. The summed E-state index contributed by atoms with van der Waals surface area (Å²) in [6, 6.07) is 11.0. The van der Waals surface area contributed by atoms with Gasteiger partial charge < -0.3 is 9.15 Å². The number of hydrogen-bond acceptors (Lipinski definition) is 4. The molecular weight excluding hydrogens is 342 g/mol. The number of benzene rings is 2. The Labute approximate surface area is 141 Å². The lowest BCUT2D eigenvalue weighted by Gasteiger charge is -2.11. The standard InChI is InChI=1S/C16H11Cl2FN2O2/c1-9(22-14-5-3-2-4-13(14)19)15-20-21-16(23-15)11-7-6-10(17)8-12(11)18/h2-9H,1H3/t9-/m1/s1. The average Bonchev–Trinajstić information content (AvgIpc) is 2.99. The molecule has 0 unspecified atom stereocenters. The molecule has 7 heteroatoms. The predicted molar refractivity (Wildman–Crippen MR) is 85.2 cm³/mol. The molecule has 0 saturated heterocycles. The second-order valence-electron chi connectivity index (χ2n) is 4.76. The topological polar surface area (TPSA) is 48.2 Å². The molecule has 0 radical (unpaired) electrons. The summed E-state index contributed by atoms with van der Waals surface area (Å²) in [6.07, 6.45) is -0.612. The van der Waals surface area contributed by atoms with Crippen LogP contribution in [-0.4, -0.2) is 10.2 Å². The maximum absolute atomic E-state index is 13.6. The van der Waals surface area contributed by atoms with Crippen molar-refractivity contribution in [3.63, 3.8) is 0 Å². The zero-order valence-corrected chi connectivity index (χ0v) is 13.5. The van der Waals surface area contributed by atoms with E-state index in [1.54, 1.807) is 37.3 Å². The van der Waals surface area contributed by atoms with Gasteiger partial charge in [0.1, 0.15) is 0 Å². The maximum atomic E-state index is 13.6. The summed E-state index contributed by atoms with van der Waals surface area (Å²) in [4.78, 5) is 0. The van der Waals surface area contributed by atoms with Crippen molar-refractivity contribution >= 4 is 23.2 Å². The molecule has 1 heterocycles. The molecule has 118 valence electrons. The summed E-state index contributed by atoms with van der Waals surface area (Å²) in [5, 5.41) is 8.78. The number of ether oxygens (including phenoxy) is 1. The quantitative estimate of drug-likeness (QED) is 0.637. The normalized spacial score (nSPS) is 12.2. The minimum Gasteiger partial charge on any atom is -0.478 e.